The topological polar surface area (TPSA) is 237 Å². The first-order valence-corrected chi connectivity index (χ1v) is 42.1. The van der Waals surface area contributed by atoms with Crippen molar-refractivity contribution in [3.05, 3.63) is 109 Å². The van der Waals surface area contributed by atoms with Crippen LogP contribution in [0.2, 0.25) is 0 Å². The highest BCUT2D eigenvalue weighted by molar-refractivity contribution is 7.47. The van der Waals surface area contributed by atoms with Crippen LogP contribution in [0.15, 0.2) is 109 Å². The van der Waals surface area contributed by atoms with E-state index in [0.29, 0.717) is 32.1 Å². The van der Waals surface area contributed by atoms with Gasteiger partial charge in [-0.3, -0.25) is 37.3 Å². The standard InChI is InChI=1S/C81H140O17P2/c1-5-9-13-17-21-25-29-33-36-37-40-43-46-50-54-58-62-66-79(84)92-72-77(98-81(86)68-64-60-56-52-48-44-39-35-31-27-23-19-15-11-7-3)74-96-100(89,90)94-70-75(82)69-93-99(87,88)95-73-76(97-80(85)67-63-59-55-51-47-41-32-28-24-20-16-12-8-4)71-91-78(83)65-61-57-53-49-45-42-38-34-30-26-22-18-14-10-6-2/h9,11,13,15,21,23,25,27-28,32-33,35-36,39-40,43,50,54,75-77,82H,5-8,10,12,14,16-20,22,24,26,29-31,34,37-38,41-42,44-49,51-53,55-74H2,1-4H3,(H,87,88)(H,89,90)/b13-9-,15-11-,25-21-,27-23-,32-28-,36-33-,39-35-,43-40-,54-50-. The summed E-state index contributed by atoms with van der Waals surface area (Å²) in [6, 6.07) is 0. The number of rotatable bonds is 73. The molecule has 0 saturated heterocycles. The molecule has 0 aromatic heterocycles. The molecule has 0 rings (SSSR count). The minimum atomic E-state index is -4.99. The highest BCUT2D eigenvalue weighted by atomic mass is 31.2. The van der Waals surface area contributed by atoms with Crippen molar-refractivity contribution in [3.8, 4) is 0 Å². The monoisotopic (exact) mass is 1450 g/mol. The molecule has 3 N–H and O–H groups in total. The minimum absolute atomic E-state index is 0.0618. The molecule has 5 unspecified atom stereocenters. The zero-order valence-corrected chi connectivity index (χ0v) is 64.6. The van der Waals surface area contributed by atoms with Crippen LogP contribution in [0.5, 0.6) is 0 Å². The lowest BCUT2D eigenvalue weighted by molar-refractivity contribution is -0.161. The number of carbonyl (C=O) groups is 4. The molecule has 0 bridgehead atoms. The molecule has 0 aromatic rings. The minimum Gasteiger partial charge on any atom is -0.462 e. The third kappa shape index (κ3) is 72.1. The summed E-state index contributed by atoms with van der Waals surface area (Å²) in [4.78, 5) is 72.9. The number of allylic oxidation sites excluding steroid dienone is 18. The molecule has 0 aliphatic rings. The van der Waals surface area contributed by atoms with Crippen LogP contribution in [0, 0.1) is 0 Å². The molecule has 5 atom stereocenters. The van der Waals surface area contributed by atoms with Crippen LogP contribution in [-0.2, 0) is 65.4 Å². The van der Waals surface area contributed by atoms with Crippen LogP contribution in [0.4, 0.5) is 0 Å². The van der Waals surface area contributed by atoms with Gasteiger partial charge in [-0.2, -0.15) is 0 Å². The van der Waals surface area contributed by atoms with Crippen LogP contribution in [0.3, 0.4) is 0 Å². The maximum absolute atomic E-state index is 13.1. The Morgan fingerprint density at radius 3 is 0.860 bits per heavy atom. The molecule has 0 aliphatic carbocycles. The first-order chi connectivity index (χ1) is 48.7. The molecular formula is C81H140O17P2. The highest BCUT2D eigenvalue weighted by Gasteiger charge is 2.30. The van der Waals surface area contributed by atoms with Crippen molar-refractivity contribution in [2.45, 2.75) is 341 Å². The maximum Gasteiger partial charge on any atom is 0.472 e. The van der Waals surface area contributed by atoms with E-state index in [1.165, 1.54) is 96.3 Å². The van der Waals surface area contributed by atoms with Gasteiger partial charge in [0.2, 0.25) is 0 Å². The zero-order valence-electron chi connectivity index (χ0n) is 62.8. The van der Waals surface area contributed by atoms with Crippen molar-refractivity contribution in [2.24, 2.45) is 0 Å². The molecule has 0 saturated carbocycles. The Bertz CT molecular complexity index is 2320. The second kappa shape index (κ2) is 73.0. The Hall–Kier alpha value is -4.28. The fraction of sp³-hybridized carbons (Fsp3) is 0.728. The molecule has 0 aliphatic heterocycles. The van der Waals surface area contributed by atoms with Crippen LogP contribution in [0.1, 0.15) is 323 Å². The molecule has 0 heterocycles. The fourth-order valence-electron chi connectivity index (χ4n) is 10.3. The predicted octanol–water partition coefficient (Wildman–Crippen LogP) is 22.6. The number of aliphatic hydroxyl groups excluding tert-OH is 1. The number of phosphoric ester groups is 2. The lowest BCUT2D eigenvalue weighted by Gasteiger charge is -2.21. The Morgan fingerprint density at radius 1 is 0.290 bits per heavy atom. The van der Waals surface area contributed by atoms with Gasteiger partial charge in [-0.1, -0.05) is 285 Å². The summed E-state index contributed by atoms with van der Waals surface area (Å²) in [5.41, 5.74) is 0. The molecule has 17 nitrogen and oxygen atoms in total. The smallest absolute Gasteiger partial charge is 0.462 e. The van der Waals surface area contributed by atoms with Crippen LogP contribution < -0.4 is 0 Å². The largest absolute Gasteiger partial charge is 0.472 e. The van der Waals surface area contributed by atoms with E-state index in [4.69, 9.17) is 37.0 Å². The second-order valence-corrected chi connectivity index (χ2v) is 28.8. The second-order valence-electron chi connectivity index (χ2n) is 25.9. The summed E-state index contributed by atoms with van der Waals surface area (Å²) < 4.78 is 68.5. The van der Waals surface area contributed by atoms with E-state index in [1.54, 1.807) is 0 Å². The average Bonchev–Trinajstić information content (AvgIpc) is 1.06. The van der Waals surface area contributed by atoms with Crippen LogP contribution in [0.25, 0.3) is 0 Å². The molecule has 0 amide bonds. The molecule has 0 aromatic carbocycles. The van der Waals surface area contributed by atoms with Gasteiger partial charge in [-0.25, -0.2) is 9.13 Å². The van der Waals surface area contributed by atoms with E-state index in [-0.39, 0.29) is 25.7 Å². The Kier molecular flexibility index (Phi) is 69.9. The molecule has 576 valence electrons. The normalized spacial score (nSPS) is 14.5. The van der Waals surface area contributed by atoms with Crippen molar-refractivity contribution in [3.63, 3.8) is 0 Å². The Labute approximate surface area is 607 Å². The summed E-state index contributed by atoms with van der Waals surface area (Å²) in [7, 11) is -9.97. The highest BCUT2D eigenvalue weighted by Crippen LogP contribution is 2.45. The lowest BCUT2D eigenvalue weighted by atomic mass is 10.0. The number of hydrogen-bond donors (Lipinski definition) is 3. The van der Waals surface area contributed by atoms with Gasteiger partial charge in [0.1, 0.15) is 19.3 Å². The van der Waals surface area contributed by atoms with Gasteiger partial charge in [0.05, 0.1) is 26.4 Å². The van der Waals surface area contributed by atoms with Crippen LogP contribution >= 0.6 is 15.6 Å². The summed E-state index contributed by atoms with van der Waals surface area (Å²) in [5, 5.41) is 10.6. The van der Waals surface area contributed by atoms with E-state index in [0.717, 1.165) is 141 Å². The van der Waals surface area contributed by atoms with Crippen molar-refractivity contribution >= 4 is 39.5 Å². The zero-order chi connectivity index (χ0) is 73.2. The number of unbranched alkanes of at least 4 members (excludes halogenated alkanes) is 29. The van der Waals surface area contributed by atoms with Gasteiger partial charge in [0.25, 0.3) is 0 Å². The first kappa shape index (κ1) is 95.7. The van der Waals surface area contributed by atoms with Crippen molar-refractivity contribution in [2.75, 3.05) is 39.6 Å². The van der Waals surface area contributed by atoms with Gasteiger partial charge < -0.3 is 33.8 Å². The predicted molar refractivity (Wildman–Crippen MR) is 408 cm³/mol. The fourth-order valence-corrected chi connectivity index (χ4v) is 11.9. The molecular weight excluding hydrogens is 1310 g/mol. The van der Waals surface area contributed by atoms with Crippen molar-refractivity contribution in [1.29, 1.82) is 0 Å². The number of ether oxygens (including phenoxy) is 4. The molecule has 19 heteroatoms. The van der Waals surface area contributed by atoms with E-state index in [2.05, 4.69) is 125 Å². The van der Waals surface area contributed by atoms with Gasteiger partial charge >= 0.3 is 39.5 Å². The summed E-state index contributed by atoms with van der Waals surface area (Å²) in [6.45, 7) is 4.57. The Balaban J connectivity index is 5.40. The molecule has 100 heavy (non-hydrogen) atoms. The number of esters is 4. The van der Waals surface area contributed by atoms with Crippen LogP contribution in [-0.4, -0.2) is 96.7 Å². The molecule has 0 fully saturated rings. The van der Waals surface area contributed by atoms with Gasteiger partial charge in [-0.05, 0) is 122 Å². The van der Waals surface area contributed by atoms with Gasteiger partial charge in [-0.15, -0.1) is 0 Å². The summed E-state index contributed by atoms with van der Waals surface area (Å²) >= 11 is 0. The van der Waals surface area contributed by atoms with E-state index in [9.17, 15) is 43.2 Å². The van der Waals surface area contributed by atoms with Gasteiger partial charge in [0, 0.05) is 25.7 Å². The van der Waals surface area contributed by atoms with E-state index in [1.807, 2.05) is 12.2 Å². The molecule has 0 radical (unpaired) electrons. The average molecular weight is 1450 g/mol. The van der Waals surface area contributed by atoms with E-state index < -0.39 is 97.5 Å². The van der Waals surface area contributed by atoms with Gasteiger partial charge in [0.15, 0.2) is 12.2 Å². The Morgan fingerprint density at radius 2 is 0.530 bits per heavy atom. The molecule has 0 spiro atoms. The van der Waals surface area contributed by atoms with E-state index >= 15 is 0 Å². The van der Waals surface area contributed by atoms with Crippen molar-refractivity contribution in [1.82, 2.24) is 0 Å². The number of hydrogen-bond acceptors (Lipinski definition) is 15. The maximum atomic E-state index is 13.1. The number of aliphatic hydroxyl groups is 1. The first-order valence-electron chi connectivity index (χ1n) is 39.1. The summed E-state index contributed by atoms with van der Waals surface area (Å²) in [5.74, 6) is -2.26. The number of carbonyl (C=O) groups excluding carboxylic acids is 4. The lowest BCUT2D eigenvalue weighted by Crippen LogP contribution is -2.30. The number of phosphoric acid groups is 2. The summed E-state index contributed by atoms with van der Waals surface area (Å²) in [6.07, 6.45) is 77.9. The SMILES string of the molecule is CC/C=C\C/C=C\C/C=C\C/C=C\C/C=C\CCCC(=O)OCC(COP(=O)(O)OCC(O)COP(=O)(O)OCC(COC(=O)CCCCCCCCCCCCCCCCC)OC(=O)CCCCCCC/C=C\CCCCCC)OC(=O)CCCCCCC/C=C\C/C=C\C/C=C\CC. The quantitative estimate of drug-likeness (QED) is 0.0169. The third-order valence-corrected chi connectivity index (χ3v) is 18.1. The third-order valence-electron chi connectivity index (χ3n) is 16.2. The van der Waals surface area contributed by atoms with Crippen molar-refractivity contribution < 1.29 is 80.2 Å².